The molecule has 0 bridgehead atoms. The van der Waals surface area contributed by atoms with Gasteiger partial charge in [-0.15, -0.1) is 0 Å². The van der Waals surface area contributed by atoms with Gasteiger partial charge in [-0.05, 0) is 25.1 Å². The number of hydrogen-bond donors (Lipinski definition) is 1. The lowest BCUT2D eigenvalue weighted by molar-refractivity contribution is -0.138. The smallest absolute Gasteiger partial charge is 0.251 e. The number of amides is 1. The second kappa shape index (κ2) is 6.02. The molecule has 0 spiro atoms. The summed E-state index contributed by atoms with van der Waals surface area (Å²) < 4.78 is 6.14. The van der Waals surface area contributed by atoms with E-state index in [0.29, 0.717) is 6.54 Å². The summed E-state index contributed by atoms with van der Waals surface area (Å²) >= 11 is 3.37. The van der Waals surface area contributed by atoms with E-state index in [9.17, 15) is 9.90 Å². The molecule has 1 atom stereocenters. The molecule has 1 aromatic rings. The number of aliphatic hydroxyl groups is 1. The van der Waals surface area contributed by atoms with Crippen molar-refractivity contribution >= 4 is 21.8 Å². The van der Waals surface area contributed by atoms with E-state index in [1.807, 2.05) is 18.2 Å². The summed E-state index contributed by atoms with van der Waals surface area (Å²) in [5.74, 6) is 0.408. The van der Waals surface area contributed by atoms with E-state index in [-0.39, 0.29) is 5.91 Å². The van der Waals surface area contributed by atoms with Gasteiger partial charge < -0.3 is 14.7 Å². The third kappa shape index (κ3) is 3.71. The quantitative estimate of drug-likeness (QED) is 0.922. The van der Waals surface area contributed by atoms with E-state index >= 15 is 0 Å². The van der Waals surface area contributed by atoms with E-state index in [4.69, 9.17) is 4.74 Å². The predicted octanol–water partition coefficient (Wildman–Crippen LogP) is 1.80. The number of carbonyl (C=O) groups is 1. The molecule has 0 aromatic heterocycles. The van der Waals surface area contributed by atoms with Crippen molar-refractivity contribution in [1.29, 1.82) is 0 Å². The summed E-state index contributed by atoms with van der Waals surface area (Å²) in [6.45, 7) is 1.85. The highest BCUT2D eigenvalue weighted by Gasteiger charge is 2.16. The highest BCUT2D eigenvalue weighted by atomic mass is 79.9. The van der Waals surface area contributed by atoms with Gasteiger partial charge in [0.15, 0.2) is 0 Å². The van der Waals surface area contributed by atoms with Crippen molar-refractivity contribution in [3.63, 3.8) is 0 Å². The van der Waals surface area contributed by atoms with Crippen LogP contribution < -0.4 is 4.74 Å². The van der Waals surface area contributed by atoms with Crippen LogP contribution in [0.2, 0.25) is 0 Å². The first-order chi connectivity index (χ1) is 7.95. The molecule has 0 aliphatic heterocycles. The van der Waals surface area contributed by atoms with Crippen molar-refractivity contribution in [2.75, 3.05) is 14.2 Å². The first-order valence-corrected chi connectivity index (χ1v) is 6.00. The van der Waals surface area contributed by atoms with Crippen molar-refractivity contribution in [3.05, 3.63) is 28.2 Å². The van der Waals surface area contributed by atoms with Gasteiger partial charge in [0.05, 0.1) is 7.11 Å². The molecule has 94 valence electrons. The molecule has 1 aromatic carbocycles. The molecule has 4 nitrogen and oxygen atoms in total. The number of ether oxygens (including phenoxy) is 1. The van der Waals surface area contributed by atoms with Gasteiger partial charge in [0, 0.05) is 23.6 Å². The zero-order chi connectivity index (χ0) is 13.0. The van der Waals surface area contributed by atoms with E-state index in [0.717, 1.165) is 15.8 Å². The Bertz CT molecular complexity index is 407. The van der Waals surface area contributed by atoms with Gasteiger partial charge in [0.1, 0.15) is 11.9 Å². The van der Waals surface area contributed by atoms with E-state index < -0.39 is 6.10 Å². The maximum Gasteiger partial charge on any atom is 0.251 e. The van der Waals surface area contributed by atoms with Crippen LogP contribution in [0.3, 0.4) is 0 Å². The van der Waals surface area contributed by atoms with Crippen LogP contribution in [-0.2, 0) is 11.3 Å². The van der Waals surface area contributed by atoms with Crippen LogP contribution in [0.25, 0.3) is 0 Å². The number of benzene rings is 1. The average Bonchev–Trinajstić information content (AvgIpc) is 2.28. The first kappa shape index (κ1) is 14.0. The number of rotatable bonds is 4. The second-order valence-electron chi connectivity index (χ2n) is 3.83. The Morgan fingerprint density at radius 1 is 1.59 bits per heavy atom. The summed E-state index contributed by atoms with van der Waals surface area (Å²) in [5.41, 5.74) is 0.887. The van der Waals surface area contributed by atoms with Crippen molar-refractivity contribution in [3.8, 4) is 5.75 Å². The lowest BCUT2D eigenvalue weighted by Crippen LogP contribution is -2.34. The zero-order valence-electron chi connectivity index (χ0n) is 10.1. The molecule has 0 saturated heterocycles. The second-order valence-corrected chi connectivity index (χ2v) is 4.74. The maximum absolute atomic E-state index is 11.6. The summed E-state index contributed by atoms with van der Waals surface area (Å²) in [7, 11) is 3.23. The molecule has 0 radical (unpaired) electrons. The third-order valence-electron chi connectivity index (χ3n) is 2.38. The van der Waals surface area contributed by atoms with Crippen LogP contribution in [0.5, 0.6) is 5.75 Å². The van der Waals surface area contributed by atoms with Crippen molar-refractivity contribution in [2.24, 2.45) is 0 Å². The molecule has 1 unspecified atom stereocenters. The van der Waals surface area contributed by atoms with E-state index in [1.54, 1.807) is 14.2 Å². The molecule has 1 rings (SSSR count). The SMILES string of the molecule is COc1ccc(Br)cc1CN(C)C(=O)C(C)O. The molecular formula is C12H16BrNO3. The Morgan fingerprint density at radius 2 is 2.24 bits per heavy atom. The number of nitrogens with zero attached hydrogens (tertiary/aromatic N) is 1. The fraction of sp³-hybridized carbons (Fsp3) is 0.417. The Morgan fingerprint density at radius 3 is 2.76 bits per heavy atom. The average molecular weight is 302 g/mol. The number of likely N-dealkylation sites (N-methyl/N-ethyl adjacent to an activating group) is 1. The van der Waals surface area contributed by atoms with E-state index in [2.05, 4.69) is 15.9 Å². The number of methoxy groups -OCH3 is 1. The fourth-order valence-corrected chi connectivity index (χ4v) is 1.93. The number of carbonyl (C=O) groups excluding carboxylic acids is 1. The fourth-order valence-electron chi connectivity index (χ4n) is 1.52. The largest absolute Gasteiger partial charge is 0.496 e. The third-order valence-corrected chi connectivity index (χ3v) is 2.88. The number of halogens is 1. The Labute approximate surface area is 109 Å². The van der Waals surface area contributed by atoms with Gasteiger partial charge in [-0.3, -0.25) is 4.79 Å². The minimum atomic E-state index is -0.988. The number of aliphatic hydroxyl groups excluding tert-OH is 1. The maximum atomic E-state index is 11.6. The first-order valence-electron chi connectivity index (χ1n) is 5.21. The lowest BCUT2D eigenvalue weighted by Gasteiger charge is -2.20. The summed E-state index contributed by atoms with van der Waals surface area (Å²) in [6.07, 6.45) is -0.988. The van der Waals surface area contributed by atoms with Crippen molar-refractivity contribution in [1.82, 2.24) is 4.90 Å². The van der Waals surface area contributed by atoms with Crippen LogP contribution in [0, 0.1) is 0 Å². The molecule has 0 heterocycles. The molecule has 0 saturated carbocycles. The van der Waals surface area contributed by atoms with Gasteiger partial charge in [-0.1, -0.05) is 15.9 Å². The standard InChI is InChI=1S/C12H16BrNO3/c1-8(15)12(16)14(2)7-9-6-10(13)4-5-11(9)17-3/h4-6,8,15H,7H2,1-3H3. The molecular weight excluding hydrogens is 286 g/mol. The molecule has 0 fully saturated rings. The summed E-state index contributed by atoms with van der Waals surface area (Å²) in [6, 6.07) is 5.60. The van der Waals surface area contributed by atoms with Crippen LogP contribution in [0.15, 0.2) is 22.7 Å². The Balaban J connectivity index is 2.87. The van der Waals surface area contributed by atoms with E-state index in [1.165, 1.54) is 11.8 Å². The molecule has 0 aliphatic carbocycles. The Hall–Kier alpha value is -1.07. The van der Waals surface area contributed by atoms with Gasteiger partial charge in [-0.2, -0.15) is 0 Å². The van der Waals surface area contributed by atoms with Crippen LogP contribution in [-0.4, -0.2) is 36.2 Å². The van der Waals surface area contributed by atoms with Crippen LogP contribution >= 0.6 is 15.9 Å². The lowest BCUT2D eigenvalue weighted by atomic mass is 10.2. The van der Waals surface area contributed by atoms with Crippen LogP contribution in [0.1, 0.15) is 12.5 Å². The van der Waals surface area contributed by atoms with Gasteiger partial charge in [0.2, 0.25) is 0 Å². The monoisotopic (exact) mass is 301 g/mol. The highest BCUT2D eigenvalue weighted by molar-refractivity contribution is 9.10. The number of hydrogen-bond acceptors (Lipinski definition) is 3. The minimum absolute atomic E-state index is 0.313. The van der Waals surface area contributed by atoms with Gasteiger partial charge in [0.25, 0.3) is 5.91 Å². The summed E-state index contributed by atoms with van der Waals surface area (Å²) in [4.78, 5) is 13.0. The molecule has 1 N–H and O–H groups in total. The predicted molar refractivity (Wildman–Crippen MR) is 68.8 cm³/mol. The van der Waals surface area contributed by atoms with Gasteiger partial charge >= 0.3 is 0 Å². The molecule has 17 heavy (non-hydrogen) atoms. The van der Waals surface area contributed by atoms with Crippen molar-refractivity contribution < 1.29 is 14.6 Å². The van der Waals surface area contributed by atoms with Gasteiger partial charge in [-0.25, -0.2) is 0 Å². The molecule has 5 heteroatoms. The Kier molecular flexibility index (Phi) is 4.96. The zero-order valence-corrected chi connectivity index (χ0v) is 11.7. The van der Waals surface area contributed by atoms with Crippen LogP contribution in [0.4, 0.5) is 0 Å². The van der Waals surface area contributed by atoms with Crippen molar-refractivity contribution in [2.45, 2.75) is 19.6 Å². The minimum Gasteiger partial charge on any atom is -0.496 e. The normalized spacial score (nSPS) is 12.1. The molecule has 1 amide bonds. The highest BCUT2D eigenvalue weighted by Crippen LogP contribution is 2.24. The topological polar surface area (TPSA) is 49.8 Å². The summed E-state index contributed by atoms with van der Waals surface area (Å²) in [5, 5.41) is 9.22. The molecule has 0 aliphatic rings.